The average Bonchev–Trinajstić information content (AvgIpc) is 2.59. The minimum atomic E-state index is -4.52. The van der Waals surface area contributed by atoms with E-state index in [1.54, 1.807) is 18.2 Å². The number of aryl methyl sites for hydroxylation is 1. The summed E-state index contributed by atoms with van der Waals surface area (Å²) < 4.78 is 39.8. The van der Waals surface area contributed by atoms with Gasteiger partial charge in [-0.2, -0.15) is 18.4 Å². The molecule has 0 aromatic heterocycles. The van der Waals surface area contributed by atoms with E-state index in [1.807, 2.05) is 6.92 Å². The number of nitriles is 1. The van der Waals surface area contributed by atoms with Crippen LogP contribution in [0.2, 0.25) is 0 Å². The molecular formula is C19H17F3N2O. The summed E-state index contributed by atoms with van der Waals surface area (Å²) in [5.74, 6) is -0.909. The number of hydrogen-bond acceptors (Lipinski definition) is 3. The van der Waals surface area contributed by atoms with Gasteiger partial charge in [-0.15, -0.1) is 0 Å². The van der Waals surface area contributed by atoms with Crippen LogP contribution in [0.15, 0.2) is 41.2 Å². The lowest BCUT2D eigenvalue weighted by Crippen LogP contribution is -2.34. The zero-order chi connectivity index (χ0) is 18.2. The van der Waals surface area contributed by atoms with E-state index in [9.17, 15) is 23.2 Å². The number of allylic oxidation sites excluding steroid dienone is 4. The van der Waals surface area contributed by atoms with Gasteiger partial charge in [0.15, 0.2) is 5.78 Å². The summed E-state index contributed by atoms with van der Waals surface area (Å²) >= 11 is 0. The van der Waals surface area contributed by atoms with Crippen molar-refractivity contribution in [3.8, 4) is 6.07 Å². The Morgan fingerprint density at radius 2 is 2.08 bits per heavy atom. The van der Waals surface area contributed by atoms with Gasteiger partial charge in [0.1, 0.15) is 5.70 Å². The fraction of sp³-hybridized carbons (Fsp3) is 0.368. The Morgan fingerprint density at radius 1 is 1.32 bits per heavy atom. The lowest BCUT2D eigenvalue weighted by atomic mass is 9.79. The molecule has 1 N–H and O–H groups in total. The molecule has 1 aromatic rings. The lowest BCUT2D eigenvalue weighted by molar-refractivity contribution is -0.116. The second kappa shape index (κ2) is 6.40. The van der Waals surface area contributed by atoms with E-state index in [0.29, 0.717) is 48.1 Å². The van der Waals surface area contributed by atoms with Gasteiger partial charge in [-0.05, 0) is 42.5 Å². The van der Waals surface area contributed by atoms with Crippen LogP contribution in [0.4, 0.5) is 13.2 Å². The van der Waals surface area contributed by atoms with Crippen molar-refractivity contribution in [2.75, 3.05) is 0 Å². The predicted molar refractivity (Wildman–Crippen MR) is 86.4 cm³/mol. The highest BCUT2D eigenvalue weighted by Gasteiger charge is 2.40. The fourth-order valence-corrected chi connectivity index (χ4v) is 3.44. The summed E-state index contributed by atoms with van der Waals surface area (Å²) in [6.45, 7) is 1.91. The average molecular weight is 346 g/mol. The minimum absolute atomic E-state index is 0.130. The molecule has 1 aromatic carbocycles. The van der Waals surface area contributed by atoms with Gasteiger partial charge >= 0.3 is 6.18 Å². The van der Waals surface area contributed by atoms with Crippen LogP contribution in [-0.4, -0.2) is 12.0 Å². The molecule has 1 heterocycles. The Hall–Kier alpha value is -2.55. The number of benzene rings is 1. The molecule has 130 valence electrons. The highest BCUT2D eigenvalue weighted by atomic mass is 19.4. The van der Waals surface area contributed by atoms with E-state index in [0.717, 1.165) is 11.6 Å². The Labute approximate surface area is 143 Å². The van der Waals surface area contributed by atoms with Gasteiger partial charge in [-0.3, -0.25) is 4.79 Å². The Bertz CT molecular complexity index is 828. The molecule has 0 unspecified atom stereocenters. The third-order valence-electron chi connectivity index (χ3n) is 4.69. The van der Waals surface area contributed by atoms with Crippen molar-refractivity contribution >= 4 is 5.78 Å². The van der Waals surface area contributed by atoms with Gasteiger partial charge in [0.05, 0.1) is 11.6 Å². The summed E-state index contributed by atoms with van der Waals surface area (Å²) in [6.07, 6.45) is -1.50. The molecule has 1 aliphatic heterocycles. The van der Waals surface area contributed by atoms with E-state index in [-0.39, 0.29) is 5.78 Å². The number of carbonyl (C=O) groups is 1. The number of halogens is 3. The van der Waals surface area contributed by atoms with Gasteiger partial charge in [-0.1, -0.05) is 19.1 Å². The van der Waals surface area contributed by atoms with Crippen molar-refractivity contribution in [1.82, 2.24) is 5.32 Å². The maximum Gasteiger partial charge on any atom is 0.430 e. The van der Waals surface area contributed by atoms with Crippen LogP contribution in [0.1, 0.15) is 48.8 Å². The minimum Gasteiger partial charge on any atom is -0.355 e. The second-order valence-corrected chi connectivity index (χ2v) is 6.23. The first-order valence-corrected chi connectivity index (χ1v) is 8.20. The van der Waals surface area contributed by atoms with Gasteiger partial charge in [0.25, 0.3) is 0 Å². The van der Waals surface area contributed by atoms with Gasteiger partial charge in [-0.25, -0.2) is 0 Å². The van der Waals surface area contributed by atoms with E-state index in [4.69, 9.17) is 0 Å². The number of nitrogens with zero attached hydrogens (tertiary/aromatic N) is 1. The Kier molecular flexibility index (Phi) is 4.42. The number of alkyl halides is 3. The van der Waals surface area contributed by atoms with Gasteiger partial charge in [0.2, 0.25) is 0 Å². The molecule has 3 rings (SSSR count). The van der Waals surface area contributed by atoms with Crippen molar-refractivity contribution < 1.29 is 18.0 Å². The first-order chi connectivity index (χ1) is 11.8. The number of carbonyl (C=O) groups excluding carboxylic acids is 1. The highest BCUT2D eigenvalue weighted by molar-refractivity contribution is 5.99. The highest BCUT2D eigenvalue weighted by Crippen LogP contribution is 2.41. The molecule has 25 heavy (non-hydrogen) atoms. The van der Waals surface area contributed by atoms with E-state index >= 15 is 0 Å². The molecular weight excluding hydrogens is 329 g/mol. The third-order valence-corrected chi connectivity index (χ3v) is 4.69. The molecule has 0 fully saturated rings. The Morgan fingerprint density at radius 3 is 2.72 bits per heavy atom. The molecule has 0 amide bonds. The Balaban J connectivity index is 2.14. The number of hydrogen-bond donors (Lipinski definition) is 1. The summed E-state index contributed by atoms with van der Waals surface area (Å²) in [5.41, 5.74) is 1.72. The largest absolute Gasteiger partial charge is 0.430 e. The van der Waals surface area contributed by atoms with Crippen molar-refractivity contribution in [1.29, 1.82) is 5.26 Å². The summed E-state index contributed by atoms with van der Waals surface area (Å²) in [6, 6.07) is 7.16. The molecule has 2 aliphatic rings. The molecule has 0 bridgehead atoms. The molecule has 0 spiro atoms. The molecule has 0 saturated heterocycles. The molecule has 1 atom stereocenters. The molecule has 0 saturated carbocycles. The quantitative estimate of drug-likeness (QED) is 0.870. The van der Waals surface area contributed by atoms with Crippen molar-refractivity contribution in [3.05, 3.63) is 57.9 Å². The summed E-state index contributed by atoms with van der Waals surface area (Å²) in [4.78, 5) is 12.4. The predicted octanol–water partition coefficient (Wildman–Crippen LogP) is 4.26. The summed E-state index contributed by atoms with van der Waals surface area (Å²) in [7, 11) is 0. The molecule has 0 radical (unpaired) electrons. The van der Waals surface area contributed by atoms with Gasteiger partial charge < -0.3 is 5.32 Å². The van der Waals surface area contributed by atoms with E-state index in [1.165, 1.54) is 0 Å². The standard InChI is InChI=1S/C19H17F3N2O/c1-2-11-6-7-12(8-13(11)10-23)14-9-17(19(20,21)22)24-15-4-3-5-16(25)18(14)15/h6-9,14,24H,2-5H2,1H3/t14-/m0/s1. The van der Waals surface area contributed by atoms with Crippen LogP contribution in [0.25, 0.3) is 0 Å². The second-order valence-electron chi connectivity index (χ2n) is 6.23. The zero-order valence-electron chi connectivity index (χ0n) is 13.7. The number of rotatable bonds is 2. The zero-order valence-corrected chi connectivity index (χ0v) is 13.7. The monoisotopic (exact) mass is 346 g/mol. The van der Waals surface area contributed by atoms with Crippen molar-refractivity contribution in [3.63, 3.8) is 0 Å². The normalized spacial score (nSPS) is 20.5. The number of dihydropyridines is 1. The summed E-state index contributed by atoms with van der Waals surface area (Å²) in [5, 5.41) is 11.7. The maximum absolute atomic E-state index is 13.3. The van der Waals surface area contributed by atoms with Crippen LogP contribution in [-0.2, 0) is 11.2 Å². The van der Waals surface area contributed by atoms with Crippen LogP contribution in [0.5, 0.6) is 0 Å². The first-order valence-electron chi connectivity index (χ1n) is 8.20. The maximum atomic E-state index is 13.3. The van der Waals surface area contributed by atoms with Crippen LogP contribution >= 0.6 is 0 Å². The van der Waals surface area contributed by atoms with Crippen LogP contribution < -0.4 is 5.32 Å². The molecule has 1 aliphatic carbocycles. The number of ketones is 1. The van der Waals surface area contributed by atoms with E-state index < -0.39 is 17.8 Å². The molecule has 3 nitrogen and oxygen atoms in total. The topological polar surface area (TPSA) is 52.9 Å². The first kappa shape index (κ1) is 17.3. The van der Waals surface area contributed by atoms with Crippen molar-refractivity contribution in [2.45, 2.75) is 44.7 Å². The van der Waals surface area contributed by atoms with Crippen LogP contribution in [0, 0.1) is 11.3 Å². The van der Waals surface area contributed by atoms with Crippen LogP contribution in [0.3, 0.4) is 0 Å². The fourth-order valence-electron chi connectivity index (χ4n) is 3.44. The number of nitrogens with one attached hydrogen (secondary N) is 1. The van der Waals surface area contributed by atoms with Gasteiger partial charge in [0, 0.05) is 23.6 Å². The SMILES string of the molecule is CCc1ccc([C@@H]2C=C(C(F)(F)F)NC3=C2C(=O)CCC3)cc1C#N. The van der Waals surface area contributed by atoms with E-state index in [2.05, 4.69) is 11.4 Å². The molecule has 6 heteroatoms. The lowest BCUT2D eigenvalue weighted by Gasteiger charge is -2.32. The smallest absolute Gasteiger partial charge is 0.355 e. The number of Topliss-reactive ketones (excluding diaryl/α,β-unsaturated/α-hetero) is 1. The van der Waals surface area contributed by atoms with Crippen molar-refractivity contribution in [2.24, 2.45) is 0 Å². The third kappa shape index (κ3) is 3.19.